The van der Waals surface area contributed by atoms with Crippen LogP contribution in [-0.4, -0.2) is 17.1 Å². The van der Waals surface area contributed by atoms with E-state index >= 15 is 0 Å². The first-order valence-electron chi connectivity index (χ1n) is 5.37. The van der Waals surface area contributed by atoms with E-state index in [1.807, 2.05) is 19.2 Å². The van der Waals surface area contributed by atoms with Gasteiger partial charge in [0.15, 0.2) is 0 Å². The number of nitrogens with zero attached hydrogens (tertiary/aromatic N) is 1. The predicted octanol–water partition coefficient (Wildman–Crippen LogP) is 4.31. The van der Waals surface area contributed by atoms with Crippen LogP contribution in [0.3, 0.4) is 0 Å². The molecule has 1 rings (SSSR count). The van der Waals surface area contributed by atoms with Gasteiger partial charge in [0.05, 0.1) is 5.69 Å². The molecule has 0 aliphatic carbocycles. The average Bonchev–Trinajstić information content (AvgIpc) is 2.35. The molecule has 0 fully saturated rings. The molecule has 0 aromatic heterocycles. The van der Waals surface area contributed by atoms with Gasteiger partial charge >= 0.3 is 0 Å². The molecule has 0 aliphatic rings. The van der Waals surface area contributed by atoms with Gasteiger partial charge in [0.2, 0.25) is 0 Å². The van der Waals surface area contributed by atoms with Crippen LogP contribution in [0.4, 0.5) is 5.69 Å². The Morgan fingerprint density at radius 3 is 2.59 bits per heavy atom. The minimum atomic E-state index is 0.263. The molecule has 0 heterocycles. The Bertz CT molecular complexity index is 432. The van der Waals surface area contributed by atoms with Crippen molar-refractivity contribution in [3.8, 4) is 5.75 Å². The van der Waals surface area contributed by atoms with Crippen molar-refractivity contribution in [2.75, 3.05) is 5.75 Å². The molecule has 0 unspecified atom stereocenters. The summed E-state index contributed by atoms with van der Waals surface area (Å²) in [7, 11) is 0. The van der Waals surface area contributed by atoms with Crippen molar-refractivity contribution in [1.29, 1.82) is 0 Å². The quantitative estimate of drug-likeness (QED) is 0.621. The number of allylic oxidation sites excluding steroid dienone is 3. The molecule has 1 N–H and O–H groups in total. The topological polar surface area (TPSA) is 32.6 Å². The van der Waals surface area contributed by atoms with E-state index in [0.717, 1.165) is 11.4 Å². The predicted molar refractivity (Wildman–Crippen MR) is 77.3 cm³/mol. The lowest BCUT2D eigenvalue weighted by atomic mass is 10.3. The highest BCUT2D eigenvalue weighted by Gasteiger charge is 1.93. The second-order valence-corrected chi connectivity index (χ2v) is 4.82. The molecule has 0 saturated heterocycles. The Balaban J connectivity index is 2.46. The number of hydrogen-bond donors (Lipinski definition) is 1. The van der Waals surface area contributed by atoms with Crippen molar-refractivity contribution in [2.45, 2.75) is 13.8 Å². The van der Waals surface area contributed by atoms with E-state index in [9.17, 15) is 0 Å². The molecule has 0 amide bonds. The first-order chi connectivity index (χ1) is 8.13. The first kappa shape index (κ1) is 13.6. The normalized spacial score (nSPS) is 12.6. The lowest BCUT2D eigenvalue weighted by molar-refractivity contribution is 0.475. The zero-order valence-electron chi connectivity index (χ0n) is 10.2. The van der Waals surface area contributed by atoms with Crippen LogP contribution in [0.5, 0.6) is 5.75 Å². The maximum Gasteiger partial charge on any atom is 0.115 e. The summed E-state index contributed by atoms with van der Waals surface area (Å²) in [5, 5.41) is 9.12. The number of thioether (sulfide) groups is 1. The van der Waals surface area contributed by atoms with Crippen LogP contribution in [0, 0.1) is 0 Å². The summed E-state index contributed by atoms with van der Waals surface area (Å²) in [6, 6.07) is 6.84. The summed E-state index contributed by atoms with van der Waals surface area (Å²) in [5.74, 6) is 1.09. The van der Waals surface area contributed by atoms with Crippen LogP contribution < -0.4 is 0 Å². The van der Waals surface area contributed by atoms with E-state index in [0.29, 0.717) is 0 Å². The highest BCUT2D eigenvalue weighted by atomic mass is 32.2. The van der Waals surface area contributed by atoms with Crippen molar-refractivity contribution in [3.05, 3.63) is 47.4 Å². The van der Waals surface area contributed by atoms with Crippen LogP contribution in [0.15, 0.2) is 52.4 Å². The van der Waals surface area contributed by atoms with Gasteiger partial charge < -0.3 is 5.11 Å². The van der Waals surface area contributed by atoms with Crippen LogP contribution in [0.1, 0.15) is 13.8 Å². The third kappa shape index (κ3) is 4.91. The SMILES string of the molecule is C=C/C(C)=C(\C)SCC=Nc1ccc(O)cc1. The summed E-state index contributed by atoms with van der Waals surface area (Å²) in [6.45, 7) is 7.86. The zero-order valence-corrected chi connectivity index (χ0v) is 11.0. The Hall–Kier alpha value is -1.48. The number of aliphatic imine (C=N–C) groups is 1. The Morgan fingerprint density at radius 1 is 1.35 bits per heavy atom. The van der Waals surface area contributed by atoms with Crippen molar-refractivity contribution in [3.63, 3.8) is 0 Å². The van der Waals surface area contributed by atoms with Gasteiger partial charge in [-0.15, -0.1) is 11.8 Å². The van der Waals surface area contributed by atoms with E-state index < -0.39 is 0 Å². The fourth-order valence-corrected chi connectivity index (χ4v) is 1.81. The minimum Gasteiger partial charge on any atom is -0.508 e. The fourth-order valence-electron chi connectivity index (χ4n) is 1.10. The van der Waals surface area contributed by atoms with Gasteiger partial charge in [0.25, 0.3) is 0 Å². The second-order valence-electron chi connectivity index (χ2n) is 3.58. The Labute approximate surface area is 107 Å². The van der Waals surface area contributed by atoms with E-state index in [2.05, 4.69) is 18.5 Å². The molecule has 0 saturated carbocycles. The molecule has 90 valence electrons. The molecule has 0 bridgehead atoms. The molecule has 1 aromatic rings. The largest absolute Gasteiger partial charge is 0.508 e. The van der Waals surface area contributed by atoms with E-state index in [1.165, 1.54) is 10.5 Å². The lowest BCUT2D eigenvalue weighted by Crippen LogP contribution is -1.82. The van der Waals surface area contributed by atoms with Crippen molar-refractivity contribution in [1.82, 2.24) is 0 Å². The number of aromatic hydroxyl groups is 1. The molecular formula is C14H17NOS. The van der Waals surface area contributed by atoms with Crippen LogP contribution in [0.25, 0.3) is 0 Å². The van der Waals surface area contributed by atoms with Gasteiger partial charge in [-0.05, 0) is 48.6 Å². The van der Waals surface area contributed by atoms with Gasteiger partial charge in [-0.25, -0.2) is 0 Å². The minimum absolute atomic E-state index is 0.263. The molecule has 0 spiro atoms. The molecule has 0 radical (unpaired) electrons. The van der Waals surface area contributed by atoms with Crippen LogP contribution in [0.2, 0.25) is 0 Å². The van der Waals surface area contributed by atoms with Crippen molar-refractivity contribution < 1.29 is 5.11 Å². The molecule has 0 atom stereocenters. The summed E-state index contributed by atoms with van der Waals surface area (Å²) in [6.07, 6.45) is 3.73. The van der Waals surface area contributed by atoms with E-state index in [-0.39, 0.29) is 5.75 Å². The second kappa shape index (κ2) is 6.97. The Morgan fingerprint density at radius 2 is 2.00 bits per heavy atom. The highest BCUT2D eigenvalue weighted by Crippen LogP contribution is 2.19. The van der Waals surface area contributed by atoms with Crippen LogP contribution >= 0.6 is 11.8 Å². The number of hydrogen-bond acceptors (Lipinski definition) is 3. The molecule has 1 aromatic carbocycles. The number of rotatable bonds is 5. The van der Waals surface area contributed by atoms with Gasteiger partial charge in [0, 0.05) is 12.0 Å². The van der Waals surface area contributed by atoms with E-state index in [1.54, 1.807) is 36.0 Å². The van der Waals surface area contributed by atoms with E-state index in [4.69, 9.17) is 5.11 Å². The van der Waals surface area contributed by atoms with Crippen LogP contribution in [-0.2, 0) is 0 Å². The van der Waals surface area contributed by atoms with Gasteiger partial charge in [-0.1, -0.05) is 12.7 Å². The monoisotopic (exact) mass is 247 g/mol. The maximum absolute atomic E-state index is 9.12. The smallest absolute Gasteiger partial charge is 0.115 e. The lowest BCUT2D eigenvalue weighted by Gasteiger charge is -2.00. The Kier molecular flexibility index (Phi) is 5.57. The van der Waals surface area contributed by atoms with Gasteiger partial charge in [-0.3, -0.25) is 4.99 Å². The van der Waals surface area contributed by atoms with Gasteiger partial charge in [0.1, 0.15) is 5.75 Å². The summed E-state index contributed by atoms with van der Waals surface area (Å²) >= 11 is 1.74. The molecule has 17 heavy (non-hydrogen) atoms. The molecule has 3 heteroatoms. The molecular weight excluding hydrogens is 230 g/mol. The number of phenols is 1. The van der Waals surface area contributed by atoms with Crippen molar-refractivity contribution in [2.24, 2.45) is 4.99 Å². The highest BCUT2D eigenvalue weighted by molar-refractivity contribution is 8.03. The third-order valence-corrected chi connectivity index (χ3v) is 3.40. The number of benzene rings is 1. The zero-order chi connectivity index (χ0) is 12.7. The van der Waals surface area contributed by atoms with Crippen molar-refractivity contribution >= 4 is 23.7 Å². The summed E-state index contributed by atoms with van der Waals surface area (Å²) < 4.78 is 0. The number of phenolic OH excluding ortho intramolecular Hbond substituents is 1. The summed E-state index contributed by atoms with van der Waals surface area (Å²) in [4.78, 5) is 5.56. The maximum atomic E-state index is 9.12. The van der Waals surface area contributed by atoms with Gasteiger partial charge in [-0.2, -0.15) is 0 Å². The first-order valence-corrected chi connectivity index (χ1v) is 6.36. The standard InChI is InChI=1S/C14H17NOS/c1-4-11(2)12(3)17-10-9-15-13-5-7-14(16)8-6-13/h4-9,16H,1,10H2,2-3H3/b12-11+,15-9?. The fraction of sp³-hybridized carbons (Fsp3) is 0.214. The molecule has 2 nitrogen and oxygen atoms in total. The average molecular weight is 247 g/mol. The third-order valence-electron chi connectivity index (χ3n) is 2.33. The molecule has 0 aliphatic heterocycles. The summed E-state index contributed by atoms with van der Waals surface area (Å²) in [5.41, 5.74) is 2.05.